The van der Waals surface area contributed by atoms with Crippen LogP contribution in [-0.4, -0.2) is 11.5 Å². The van der Waals surface area contributed by atoms with Gasteiger partial charge in [0, 0.05) is 6.20 Å². The summed E-state index contributed by atoms with van der Waals surface area (Å²) in [5, 5.41) is 11.5. The number of pyridine rings is 1. The van der Waals surface area contributed by atoms with Gasteiger partial charge in [0.25, 0.3) is 0 Å². The molecule has 0 fully saturated rings. The summed E-state index contributed by atoms with van der Waals surface area (Å²) in [5.41, 5.74) is 1.23. The minimum atomic E-state index is 0.403. The molecule has 1 N–H and O–H groups in total. The number of hydrogen-bond donors (Lipinski definition) is 1. The predicted octanol–water partition coefficient (Wildman–Crippen LogP) is 0.998. The van der Waals surface area contributed by atoms with Crippen LogP contribution >= 0.6 is 0 Å². The van der Waals surface area contributed by atoms with E-state index in [-0.39, 0.29) is 0 Å². The number of nitrogens with zero attached hydrogens (tertiary/aromatic N) is 2. The lowest BCUT2D eigenvalue weighted by Crippen LogP contribution is -2.00. The highest BCUT2D eigenvalue weighted by molar-refractivity contribution is 5.55. The van der Waals surface area contributed by atoms with Crippen LogP contribution in [0.5, 0.6) is 0 Å². The molecule has 1 aromatic rings. The molecule has 0 unspecified atom stereocenters. The molecular weight excluding hydrogens is 150 g/mol. The molecule has 0 aliphatic rings. The van der Waals surface area contributed by atoms with Gasteiger partial charge < -0.3 is 5.32 Å². The van der Waals surface area contributed by atoms with E-state index in [9.17, 15) is 0 Å². The van der Waals surface area contributed by atoms with Gasteiger partial charge in [-0.15, -0.1) is 6.42 Å². The van der Waals surface area contributed by atoms with Crippen molar-refractivity contribution in [3.63, 3.8) is 0 Å². The normalized spacial score (nSPS) is 8.17. The van der Waals surface area contributed by atoms with Crippen LogP contribution < -0.4 is 5.32 Å². The van der Waals surface area contributed by atoms with Crippen LogP contribution in [0, 0.1) is 23.7 Å². The lowest BCUT2D eigenvalue weighted by molar-refractivity contribution is 1.27. The molecule has 0 spiro atoms. The van der Waals surface area contributed by atoms with Crippen molar-refractivity contribution >= 4 is 5.69 Å². The van der Waals surface area contributed by atoms with Gasteiger partial charge >= 0.3 is 0 Å². The van der Waals surface area contributed by atoms with Gasteiger partial charge in [-0.1, -0.05) is 5.92 Å². The van der Waals surface area contributed by atoms with E-state index in [1.54, 1.807) is 18.5 Å². The van der Waals surface area contributed by atoms with Gasteiger partial charge in [0.15, 0.2) is 0 Å². The van der Waals surface area contributed by atoms with Crippen molar-refractivity contribution in [3.05, 3.63) is 24.0 Å². The number of anilines is 1. The minimum absolute atomic E-state index is 0.403. The zero-order chi connectivity index (χ0) is 8.81. The van der Waals surface area contributed by atoms with E-state index in [0.29, 0.717) is 17.8 Å². The minimum Gasteiger partial charge on any atom is -0.372 e. The summed E-state index contributed by atoms with van der Waals surface area (Å²) in [6, 6.07) is 3.67. The Morgan fingerprint density at radius 2 is 2.50 bits per heavy atom. The smallest absolute Gasteiger partial charge is 0.101 e. The maximum Gasteiger partial charge on any atom is 0.101 e. The van der Waals surface area contributed by atoms with Crippen molar-refractivity contribution in [2.24, 2.45) is 0 Å². The molecule has 0 aliphatic heterocycles. The molecule has 0 bridgehead atoms. The molecule has 1 aromatic heterocycles. The van der Waals surface area contributed by atoms with Gasteiger partial charge in [-0.3, -0.25) is 4.98 Å². The lowest BCUT2D eigenvalue weighted by Gasteiger charge is -2.01. The first-order chi connectivity index (χ1) is 5.88. The Kier molecular flexibility index (Phi) is 2.70. The summed E-state index contributed by atoms with van der Waals surface area (Å²) in [6.07, 6.45) is 8.20. The molecule has 0 aromatic carbocycles. The van der Waals surface area contributed by atoms with E-state index >= 15 is 0 Å². The third-order valence-electron chi connectivity index (χ3n) is 1.32. The maximum absolute atomic E-state index is 8.65. The van der Waals surface area contributed by atoms with Gasteiger partial charge in [0.1, 0.15) is 6.07 Å². The zero-order valence-electron chi connectivity index (χ0n) is 6.41. The van der Waals surface area contributed by atoms with Gasteiger partial charge in [0.2, 0.25) is 0 Å². The maximum atomic E-state index is 8.65. The third-order valence-corrected chi connectivity index (χ3v) is 1.32. The van der Waals surface area contributed by atoms with Crippen LogP contribution in [0.15, 0.2) is 18.5 Å². The second-order valence-corrected chi connectivity index (χ2v) is 2.09. The topological polar surface area (TPSA) is 48.7 Å². The van der Waals surface area contributed by atoms with Crippen LogP contribution in [0.1, 0.15) is 5.56 Å². The first-order valence-corrected chi connectivity index (χ1v) is 3.40. The second kappa shape index (κ2) is 4.00. The summed E-state index contributed by atoms with van der Waals surface area (Å²) in [6.45, 7) is 0.403. The average Bonchev–Trinajstić information content (AvgIpc) is 2.15. The SMILES string of the molecule is C#CCNc1cnccc1C#N. The van der Waals surface area contributed by atoms with E-state index in [1.165, 1.54) is 0 Å². The van der Waals surface area contributed by atoms with Crippen molar-refractivity contribution in [2.75, 3.05) is 11.9 Å². The molecule has 0 amide bonds. The zero-order valence-corrected chi connectivity index (χ0v) is 6.41. The van der Waals surface area contributed by atoms with Gasteiger partial charge in [0.05, 0.1) is 24.0 Å². The highest BCUT2D eigenvalue weighted by Crippen LogP contribution is 2.10. The first-order valence-electron chi connectivity index (χ1n) is 3.40. The number of aromatic nitrogens is 1. The number of nitriles is 1. The number of hydrogen-bond acceptors (Lipinski definition) is 3. The number of nitrogens with one attached hydrogen (secondary N) is 1. The summed E-state index contributed by atoms with van der Waals surface area (Å²) in [7, 11) is 0. The Morgan fingerprint density at radius 1 is 1.67 bits per heavy atom. The monoisotopic (exact) mass is 157 g/mol. The average molecular weight is 157 g/mol. The summed E-state index contributed by atoms with van der Waals surface area (Å²) >= 11 is 0. The first kappa shape index (κ1) is 8.10. The van der Waals surface area contributed by atoms with Crippen LogP contribution in [0.2, 0.25) is 0 Å². The fourth-order valence-corrected chi connectivity index (χ4v) is 0.779. The fourth-order valence-electron chi connectivity index (χ4n) is 0.779. The summed E-state index contributed by atoms with van der Waals surface area (Å²) in [5.74, 6) is 2.42. The Labute approximate surface area is 71.1 Å². The number of rotatable bonds is 2. The quantitative estimate of drug-likeness (QED) is 0.651. The van der Waals surface area contributed by atoms with E-state index in [4.69, 9.17) is 11.7 Å². The summed E-state index contributed by atoms with van der Waals surface area (Å²) < 4.78 is 0. The molecule has 58 valence electrons. The van der Waals surface area contributed by atoms with E-state index in [0.717, 1.165) is 0 Å². The van der Waals surface area contributed by atoms with Crippen molar-refractivity contribution < 1.29 is 0 Å². The third kappa shape index (κ3) is 1.74. The second-order valence-electron chi connectivity index (χ2n) is 2.09. The molecule has 3 nitrogen and oxygen atoms in total. The largest absolute Gasteiger partial charge is 0.372 e. The molecule has 0 aliphatic carbocycles. The van der Waals surface area contributed by atoms with E-state index in [2.05, 4.69) is 16.2 Å². The van der Waals surface area contributed by atoms with E-state index in [1.807, 2.05) is 6.07 Å². The Hall–Kier alpha value is -2.00. The Balaban J connectivity index is 2.86. The van der Waals surface area contributed by atoms with Crippen molar-refractivity contribution in [1.29, 1.82) is 5.26 Å². The molecular formula is C9H7N3. The Bertz CT molecular complexity index is 344. The van der Waals surface area contributed by atoms with Crippen molar-refractivity contribution in [2.45, 2.75) is 0 Å². The van der Waals surface area contributed by atoms with Gasteiger partial charge in [-0.05, 0) is 6.07 Å². The molecule has 0 saturated carbocycles. The van der Waals surface area contributed by atoms with Crippen LogP contribution in [0.25, 0.3) is 0 Å². The molecule has 0 atom stereocenters. The standard InChI is InChI=1S/C9H7N3/c1-2-4-12-9-7-11-5-3-8(9)6-10/h1,3,5,7,12H,4H2. The highest BCUT2D eigenvalue weighted by Gasteiger charge is 1.97. The molecule has 3 heteroatoms. The van der Waals surface area contributed by atoms with Gasteiger partial charge in [-0.25, -0.2) is 0 Å². The van der Waals surface area contributed by atoms with Gasteiger partial charge in [-0.2, -0.15) is 5.26 Å². The predicted molar refractivity (Wildman–Crippen MR) is 46.3 cm³/mol. The summed E-state index contributed by atoms with van der Waals surface area (Å²) in [4.78, 5) is 3.86. The van der Waals surface area contributed by atoms with Crippen LogP contribution in [-0.2, 0) is 0 Å². The highest BCUT2D eigenvalue weighted by atomic mass is 14.9. The van der Waals surface area contributed by atoms with Crippen LogP contribution in [0.3, 0.4) is 0 Å². The molecule has 1 heterocycles. The fraction of sp³-hybridized carbons (Fsp3) is 0.111. The molecule has 0 radical (unpaired) electrons. The molecule has 12 heavy (non-hydrogen) atoms. The van der Waals surface area contributed by atoms with Crippen molar-refractivity contribution in [3.8, 4) is 18.4 Å². The van der Waals surface area contributed by atoms with Crippen molar-refractivity contribution in [1.82, 2.24) is 4.98 Å². The molecule has 0 saturated heterocycles. The number of terminal acetylenes is 1. The lowest BCUT2D eigenvalue weighted by atomic mass is 10.2. The molecule has 1 rings (SSSR count). The van der Waals surface area contributed by atoms with E-state index < -0.39 is 0 Å². The Morgan fingerprint density at radius 3 is 3.17 bits per heavy atom. The van der Waals surface area contributed by atoms with Crippen LogP contribution in [0.4, 0.5) is 5.69 Å².